The Morgan fingerprint density at radius 3 is 2.88 bits per heavy atom. The maximum atomic E-state index is 5.81. The lowest BCUT2D eigenvalue weighted by Gasteiger charge is -2.10. The third-order valence-electron chi connectivity index (χ3n) is 2.82. The van der Waals surface area contributed by atoms with Crippen molar-refractivity contribution in [1.29, 1.82) is 0 Å². The number of hydrogen-bond donors (Lipinski definition) is 2. The van der Waals surface area contributed by atoms with E-state index in [0.717, 1.165) is 29.6 Å². The zero-order chi connectivity index (χ0) is 11.4. The summed E-state index contributed by atoms with van der Waals surface area (Å²) in [5.41, 5.74) is 7.62. The lowest BCUT2D eigenvalue weighted by atomic mass is 10.2. The first kappa shape index (κ1) is 11.1. The molecule has 3 nitrogen and oxygen atoms in total. The highest BCUT2D eigenvalue weighted by Gasteiger charge is 2.20. The zero-order valence-corrected chi connectivity index (χ0v) is 9.83. The molecule has 88 valence electrons. The summed E-state index contributed by atoms with van der Waals surface area (Å²) in [5, 5.41) is 3.40. The Kier molecular flexibility index (Phi) is 3.54. The van der Waals surface area contributed by atoms with Crippen LogP contribution in [0.25, 0.3) is 0 Å². The van der Waals surface area contributed by atoms with E-state index in [0.29, 0.717) is 6.61 Å². The number of hydrogen-bond acceptors (Lipinski definition) is 3. The van der Waals surface area contributed by atoms with Gasteiger partial charge in [-0.15, -0.1) is 0 Å². The summed E-state index contributed by atoms with van der Waals surface area (Å²) < 4.78 is 5.45. The number of nitrogens with two attached hydrogens (primary N) is 1. The molecule has 0 saturated heterocycles. The summed E-state index contributed by atoms with van der Waals surface area (Å²) in [6.07, 6.45) is 4.07. The Balaban J connectivity index is 1.90. The largest absolute Gasteiger partial charge is 0.494 e. The van der Waals surface area contributed by atoms with E-state index in [9.17, 15) is 0 Å². The van der Waals surface area contributed by atoms with Gasteiger partial charge in [0.15, 0.2) is 0 Å². The van der Waals surface area contributed by atoms with Crippen molar-refractivity contribution in [1.82, 2.24) is 0 Å². The summed E-state index contributed by atoms with van der Waals surface area (Å²) in [5.74, 6) is 1.80. The minimum absolute atomic E-state index is 0.672. The highest BCUT2D eigenvalue weighted by molar-refractivity contribution is 5.59. The predicted octanol–water partition coefficient (Wildman–Crippen LogP) is 2.88. The van der Waals surface area contributed by atoms with E-state index in [1.165, 1.54) is 19.3 Å². The SMILES string of the molecule is CCOc1cc(N)cc(NCCC2CC2)c1. The predicted molar refractivity (Wildman–Crippen MR) is 67.9 cm³/mol. The number of nitrogens with one attached hydrogen (secondary N) is 1. The quantitative estimate of drug-likeness (QED) is 0.725. The van der Waals surface area contributed by atoms with E-state index in [1.807, 2.05) is 25.1 Å². The number of ether oxygens (including phenoxy) is 1. The highest BCUT2D eigenvalue weighted by Crippen LogP contribution is 2.32. The van der Waals surface area contributed by atoms with Gasteiger partial charge in [0.2, 0.25) is 0 Å². The molecule has 3 N–H and O–H groups in total. The third-order valence-corrected chi connectivity index (χ3v) is 2.82. The normalized spacial score (nSPS) is 14.8. The second kappa shape index (κ2) is 5.10. The molecule has 16 heavy (non-hydrogen) atoms. The van der Waals surface area contributed by atoms with Crippen LogP contribution in [0.5, 0.6) is 5.75 Å². The molecular weight excluding hydrogens is 200 g/mol. The molecule has 1 aliphatic carbocycles. The summed E-state index contributed by atoms with van der Waals surface area (Å²) >= 11 is 0. The fourth-order valence-corrected chi connectivity index (χ4v) is 1.80. The van der Waals surface area contributed by atoms with Gasteiger partial charge in [-0.3, -0.25) is 0 Å². The minimum Gasteiger partial charge on any atom is -0.494 e. The van der Waals surface area contributed by atoms with Gasteiger partial charge in [-0.2, -0.15) is 0 Å². The van der Waals surface area contributed by atoms with Gasteiger partial charge in [0.25, 0.3) is 0 Å². The smallest absolute Gasteiger partial charge is 0.123 e. The molecule has 0 spiro atoms. The van der Waals surface area contributed by atoms with Gasteiger partial charge in [0, 0.05) is 30.1 Å². The molecule has 0 unspecified atom stereocenters. The van der Waals surface area contributed by atoms with Crippen molar-refractivity contribution in [3.05, 3.63) is 18.2 Å². The summed E-state index contributed by atoms with van der Waals surface area (Å²) in [7, 11) is 0. The minimum atomic E-state index is 0.672. The van der Waals surface area contributed by atoms with Crippen LogP contribution in [0.1, 0.15) is 26.2 Å². The summed E-state index contributed by atoms with van der Waals surface area (Å²) in [6, 6.07) is 5.82. The van der Waals surface area contributed by atoms with Crippen molar-refractivity contribution in [3.8, 4) is 5.75 Å². The standard InChI is InChI=1S/C13H20N2O/c1-2-16-13-8-11(14)7-12(9-13)15-6-5-10-3-4-10/h7-10,15H,2-6,14H2,1H3. The summed E-state index contributed by atoms with van der Waals surface area (Å²) in [4.78, 5) is 0. The van der Waals surface area contributed by atoms with Crippen molar-refractivity contribution < 1.29 is 4.74 Å². The maximum absolute atomic E-state index is 5.81. The molecule has 0 atom stereocenters. The molecule has 0 heterocycles. The van der Waals surface area contributed by atoms with Gasteiger partial charge in [-0.25, -0.2) is 0 Å². The van der Waals surface area contributed by atoms with Crippen LogP contribution >= 0.6 is 0 Å². The Labute approximate surface area is 97.0 Å². The molecule has 0 aliphatic heterocycles. The van der Waals surface area contributed by atoms with Crippen LogP contribution in [-0.2, 0) is 0 Å². The first-order valence-corrected chi connectivity index (χ1v) is 6.05. The van der Waals surface area contributed by atoms with Crippen LogP contribution < -0.4 is 15.8 Å². The van der Waals surface area contributed by atoms with Crippen molar-refractivity contribution in [3.63, 3.8) is 0 Å². The van der Waals surface area contributed by atoms with Crippen molar-refractivity contribution in [2.45, 2.75) is 26.2 Å². The third kappa shape index (κ3) is 3.33. The zero-order valence-electron chi connectivity index (χ0n) is 9.83. The average Bonchev–Trinajstić information content (AvgIpc) is 3.01. The van der Waals surface area contributed by atoms with Crippen LogP contribution in [-0.4, -0.2) is 13.2 Å². The molecule has 1 aromatic rings. The fraction of sp³-hybridized carbons (Fsp3) is 0.538. The lowest BCUT2D eigenvalue weighted by molar-refractivity contribution is 0.340. The Morgan fingerprint density at radius 1 is 1.38 bits per heavy atom. The maximum Gasteiger partial charge on any atom is 0.123 e. The van der Waals surface area contributed by atoms with Crippen LogP contribution in [0.3, 0.4) is 0 Å². The Bertz CT molecular complexity index is 348. The lowest BCUT2D eigenvalue weighted by Crippen LogP contribution is -2.03. The summed E-state index contributed by atoms with van der Waals surface area (Å²) in [6.45, 7) is 3.67. The van der Waals surface area contributed by atoms with Crippen LogP contribution in [0.15, 0.2) is 18.2 Å². The number of rotatable bonds is 6. The van der Waals surface area contributed by atoms with E-state index >= 15 is 0 Å². The number of anilines is 2. The van der Waals surface area contributed by atoms with E-state index in [4.69, 9.17) is 10.5 Å². The fourth-order valence-electron chi connectivity index (χ4n) is 1.80. The van der Waals surface area contributed by atoms with Gasteiger partial charge >= 0.3 is 0 Å². The second-order valence-corrected chi connectivity index (χ2v) is 4.38. The molecule has 0 radical (unpaired) electrons. The molecular formula is C13H20N2O. The Morgan fingerprint density at radius 2 is 2.19 bits per heavy atom. The monoisotopic (exact) mass is 220 g/mol. The van der Waals surface area contributed by atoms with E-state index in [1.54, 1.807) is 0 Å². The van der Waals surface area contributed by atoms with Crippen LogP contribution in [0.4, 0.5) is 11.4 Å². The van der Waals surface area contributed by atoms with E-state index in [-0.39, 0.29) is 0 Å². The molecule has 2 rings (SSSR count). The first-order valence-electron chi connectivity index (χ1n) is 6.05. The topological polar surface area (TPSA) is 47.3 Å². The van der Waals surface area contributed by atoms with Gasteiger partial charge in [-0.05, 0) is 25.3 Å². The Hall–Kier alpha value is -1.38. The number of nitrogen functional groups attached to an aromatic ring is 1. The van der Waals surface area contributed by atoms with Gasteiger partial charge < -0.3 is 15.8 Å². The molecule has 1 aliphatic rings. The van der Waals surface area contributed by atoms with Gasteiger partial charge in [0.1, 0.15) is 5.75 Å². The van der Waals surface area contributed by atoms with Crippen molar-refractivity contribution in [2.24, 2.45) is 5.92 Å². The molecule has 3 heteroatoms. The molecule has 1 saturated carbocycles. The van der Waals surface area contributed by atoms with Crippen molar-refractivity contribution in [2.75, 3.05) is 24.2 Å². The molecule has 0 bridgehead atoms. The van der Waals surface area contributed by atoms with Crippen molar-refractivity contribution >= 4 is 11.4 Å². The average molecular weight is 220 g/mol. The van der Waals surface area contributed by atoms with Crippen LogP contribution in [0.2, 0.25) is 0 Å². The molecule has 1 fully saturated rings. The van der Waals surface area contributed by atoms with Gasteiger partial charge in [0.05, 0.1) is 6.61 Å². The second-order valence-electron chi connectivity index (χ2n) is 4.38. The van der Waals surface area contributed by atoms with Crippen LogP contribution in [0, 0.1) is 5.92 Å². The number of benzene rings is 1. The first-order chi connectivity index (χ1) is 7.78. The molecule has 0 amide bonds. The highest BCUT2D eigenvalue weighted by atomic mass is 16.5. The van der Waals surface area contributed by atoms with Gasteiger partial charge in [-0.1, -0.05) is 12.8 Å². The molecule has 0 aromatic heterocycles. The van der Waals surface area contributed by atoms with E-state index < -0.39 is 0 Å². The van der Waals surface area contributed by atoms with E-state index in [2.05, 4.69) is 5.32 Å². The molecule has 1 aromatic carbocycles.